The normalized spacial score (nSPS) is 14.2. The fraction of sp³-hybridized carbons (Fsp3) is 0.750. The van der Waals surface area contributed by atoms with Gasteiger partial charge in [-0.2, -0.15) is 0 Å². The molecule has 1 amide bonds. The van der Waals surface area contributed by atoms with Crippen LogP contribution in [0.5, 0.6) is 0 Å². The van der Waals surface area contributed by atoms with Crippen LogP contribution in [0.15, 0.2) is 6.20 Å². The molecule has 102 valence electrons. The lowest BCUT2D eigenvalue weighted by Crippen LogP contribution is -2.37. The van der Waals surface area contributed by atoms with Crippen molar-refractivity contribution in [2.75, 3.05) is 6.54 Å². The number of nitrogens with two attached hydrogens (primary N) is 1. The zero-order valence-corrected chi connectivity index (χ0v) is 11.4. The molecule has 0 aliphatic heterocycles. The third kappa shape index (κ3) is 4.10. The quantitative estimate of drug-likeness (QED) is 0.747. The Morgan fingerprint density at radius 3 is 2.89 bits per heavy atom. The Hall–Kier alpha value is -1.43. The van der Waals surface area contributed by atoms with Crippen LogP contribution >= 0.6 is 0 Å². The number of rotatable bonds is 7. The molecule has 0 saturated heterocycles. The Kier molecular flexibility index (Phi) is 5.77. The van der Waals surface area contributed by atoms with Gasteiger partial charge in [0.1, 0.15) is 6.04 Å². The Labute approximate surface area is 108 Å². The molecule has 1 heterocycles. The van der Waals surface area contributed by atoms with Gasteiger partial charge in [-0.1, -0.05) is 12.1 Å². The van der Waals surface area contributed by atoms with Gasteiger partial charge in [0, 0.05) is 12.2 Å². The monoisotopic (exact) mass is 253 g/mol. The van der Waals surface area contributed by atoms with Crippen LogP contribution in [0.4, 0.5) is 0 Å². The van der Waals surface area contributed by atoms with Crippen LogP contribution in [-0.2, 0) is 11.2 Å². The highest BCUT2D eigenvalue weighted by molar-refractivity contribution is 5.79. The van der Waals surface area contributed by atoms with Crippen molar-refractivity contribution >= 4 is 5.91 Å². The topological polar surface area (TPSA) is 85.8 Å². The summed E-state index contributed by atoms with van der Waals surface area (Å²) in [4.78, 5) is 11.9. The first-order chi connectivity index (χ1) is 8.58. The summed E-state index contributed by atoms with van der Waals surface area (Å²) in [5.74, 6) is -0.0281. The van der Waals surface area contributed by atoms with Crippen molar-refractivity contribution in [3.8, 4) is 0 Å². The second kappa shape index (κ2) is 7.10. The van der Waals surface area contributed by atoms with E-state index in [2.05, 4.69) is 15.6 Å². The van der Waals surface area contributed by atoms with Gasteiger partial charge in [0.2, 0.25) is 5.91 Å². The van der Waals surface area contributed by atoms with Crippen LogP contribution in [0.2, 0.25) is 0 Å². The fourth-order valence-electron chi connectivity index (χ4n) is 1.49. The van der Waals surface area contributed by atoms with Crippen LogP contribution in [-0.4, -0.2) is 33.5 Å². The average Bonchev–Trinajstić information content (AvgIpc) is 2.83. The molecule has 6 nitrogen and oxygen atoms in total. The molecule has 0 aliphatic rings. The van der Waals surface area contributed by atoms with Crippen molar-refractivity contribution in [3.05, 3.63) is 11.9 Å². The Balaban J connectivity index is 2.57. The molecule has 0 aromatic carbocycles. The molecule has 0 fully saturated rings. The number of amides is 1. The molecule has 0 spiro atoms. The predicted molar refractivity (Wildman–Crippen MR) is 70.0 cm³/mol. The Bertz CT molecular complexity index is 376. The zero-order chi connectivity index (χ0) is 13.5. The maximum absolute atomic E-state index is 11.9. The number of carbonyl (C=O) groups is 1. The lowest BCUT2D eigenvalue weighted by molar-refractivity contribution is -0.124. The standard InChI is InChI=1S/C12H23N5O/c1-4-9(2)14-12(18)10(3)17-8-11(15-16-17)6-5-7-13/h8-10H,4-7,13H2,1-3H3,(H,14,18). The number of nitrogens with zero attached hydrogens (tertiary/aromatic N) is 3. The van der Waals surface area contributed by atoms with Crippen molar-refractivity contribution in [1.82, 2.24) is 20.3 Å². The minimum atomic E-state index is -0.335. The molecule has 3 N–H and O–H groups in total. The van der Waals surface area contributed by atoms with E-state index in [9.17, 15) is 4.79 Å². The number of hydrogen-bond donors (Lipinski definition) is 2. The van der Waals surface area contributed by atoms with E-state index in [1.807, 2.05) is 27.0 Å². The summed E-state index contributed by atoms with van der Waals surface area (Å²) in [6, 6.07) is -0.154. The van der Waals surface area contributed by atoms with Crippen molar-refractivity contribution in [3.63, 3.8) is 0 Å². The maximum Gasteiger partial charge on any atom is 0.244 e. The first-order valence-electron chi connectivity index (χ1n) is 6.49. The molecule has 0 radical (unpaired) electrons. The van der Waals surface area contributed by atoms with Gasteiger partial charge in [0.05, 0.1) is 5.69 Å². The molecule has 2 atom stereocenters. The molecule has 1 aromatic heterocycles. The number of aryl methyl sites for hydroxylation is 1. The van der Waals surface area contributed by atoms with E-state index < -0.39 is 0 Å². The van der Waals surface area contributed by atoms with Gasteiger partial charge < -0.3 is 11.1 Å². The van der Waals surface area contributed by atoms with Gasteiger partial charge in [0.25, 0.3) is 0 Å². The van der Waals surface area contributed by atoms with Gasteiger partial charge in [-0.3, -0.25) is 4.79 Å². The van der Waals surface area contributed by atoms with E-state index in [1.165, 1.54) is 0 Å². The van der Waals surface area contributed by atoms with Gasteiger partial charge in [-0.05, 0) is 39.7 Å². The van der Waals surface area contributed by atoms with E-state index in [0.717, 1.165) is 25.0 Å². The SMILES string of the molecule is CCC(C)NC(=O)C(C)n1cc(CCCN)nn1. The Morgan fingerprint density at radius 1 is 1.56 bits per heavy atom. The highest BCUT2D eigenvalue weighted by atomic mass is 16.2. The van der Waals surface area contributed by atoms with Crippen molar-refractivity contribution in [2.24, 2.45) is 5.73 Å². The maximum atomic E-state index is 11.9. The highest BCUT2D eigenvalue weighted by Gasteiger charge is 2.17. The van der Waals surface area contributed by atoms with Gasteiger partial charge in [-0.25, -0.2) is 4.68 Å². The van der Waals surface area contributed by atoms with E-state index in [-0.39, 0.29) is 18.0 Å². The largest absolute Gasteiger partial charge is 0.352 e. The smallest absolute Gasteiger partial charge is 0.244 e. The third-order valence-electron chi connectivity index (χ3n) is 2.97. The number of nitrogens with one attached hydrogen (secondary N) is 1. The number of carbonyl (C=O) groups excluding carboxylic acids is 1. The molecule has 0 bridgehead atoms. The van der Waals surface area contributed by atoms with Gasteiger partial charge in [0.15, 0.2) is 0 Å². The molecule has 1 rings (SSSR count). The average molecular weight is 253 g/mol. The van der Waals surface area contributed by atoms with E-state index in [1.54, 1.807) is 4.68 Å². The first-order valence-corrected chi connectivity index (χ1v) is 6.49. The van der Waals surface area contributed by atoms with Crippen molar-refractivity contribution in [1.29, 1.82) is 0 Å². The second-order valence-corrected chi connectivity index (χ2v) is 4.58. The van der Waals surface area contributed by atoms with Crippen LogP contribution in [0.1, 0.15) is 45.3 Å². The highest BCUT2D eigenvalue weighted by Crippen LogP contribution is 2.07. The van der Waals surface area contributed by atoms with Crippen LogP contribution in [0, 0.1) is 0 Å². The first kappa shape index (κ1) is 14.6. The lowest BCUT2D eigenvalue weighted by atomic mass is 10.2. The van der Waals surface area contributed by atoms with Gasteiger partial charge in [-0.15, -0.1) is 5.10 Å². The molecule has 18 heavy (non-hydrogen) atoms. The number of hydrogen-bond acceptors (Lipinski definition) is 4. The molecular formula is C12H23N5O. The lowest BCUT2D eigenvalue weighted by Gasteiger charge is -2.15. The fourth-order valence-corrected chi connectivity index (χ4v) is 1.49. The number of aromatic nitrogens is 3. The minimum absolute atomic E-state index is 0.0281. The molecule has 0 aliphatic carbocycles. The summed E-state index contributed by atoms with van der Waals surface area (Å²) in [6.07, 6.45) is 4.41. The zero-order valence-electron chi connectivity index (χ0n) is 11.4. The molecular weight excluding hydrogens is 230 g/mol. The summed E-state index contributed by atoms with van der Waals surface area (Å²) < 4.78 is 1.60. The molecule has 2 unspecified atom stereocenters. The summed E-state index contributed by atoms with van der Waals surface area (Å²) in [5, 5.41) is 11.0. The third-order valence-corrected chi connectivity index (χ3v) is 2.97. The molecule has 1 aromatic rings. The summed E-state index contributed by atoms with van der Waals surface area (Å²) in [5.41, 5.74) is 6.32. The second-order valence-electron chi connectivity index (χ2n) is 4.58. The van der Waals surface area contributed by atoms with E-state index in [0.29, 0.717) is 6.54 Å². The van der Waals surface area contributed by atoms with Crippen LogP contribution in [0.25, 0.3) is 0 Å². The van der Waals surface area contributed by atoms with Crippen LogP contribution < -0.4 is 11.1 Å². The van der Waals surface area contributed by atoms with Crippen LogP contribution in [0.3, 0.4) is 0 Å². The van der Waals surface area contributed by atoms with E-state index >= 15 is 0 Å². The predicted octanol–water partition coefficient (Wildman–Crippen LogP) is 0.645. The summed E-state index contributed by atoms with van der Waals surface area (Å²) in [6.45, 7) is 6.48. The minimum Gasteiger partial charge on any atom is -0.352 e. The summed E-state index contributed by atoms with van der Waals surface area (Å²) >= 11 is 0. The van der Waals surface area contributed by atoms with Crippen molar-refractivity contribution < 1.29 is 4.79 Å². The summed E-state index contributed by atoms with van der Waals surface area (Å²) in [7, 11) is 0. The van der Waals surface area contributed by atoms with Gasteiger partial charge >= 0.3 is 0 Å². The Morgan fingerprint density at radius 2 is 2.28 bits per heavy atom. The molecule has 6 heteroatoms. The molecule has 0 saturated carbocycles. The van der Waals surface area contributed by atoms with E-state index in [4.69, 9.17) is 5.73 Å². The van der Waals surface area contributed by atoms with Crippen molar-refractivity contribution in [2.45, 2.75) is 52.1 Å².